The first-order valence-corrected chi connectivity index (χ1v) is 11.6. The zero-order chi connectivity index (χ0) is 24.4. The summed E-state index contributed by atoms with van der Waals surface area (Å²) < 4.78 is 11.3. The van der Waals surface area contributed by atoms with Crippen LogP contribution >= 0.6 is 15.9 Å². The first kappa shape index (κ1) is 26.4. The molecule has 0 heterocycles. The van der Waals surface area contributed by atoms with E-state index in [0.29, 0.717) is 0 Å². The second kappa shape index (κ2) is 12.4. The van der Waals surface area contributed by atoms with Crippen LogP contribution in [0.2, 0.25) is 0 Å². The Morgan fingerprint density at radius 3 is 2.21 bits per heavy atom. The minimum Gasteiger partial charge on any atom is -0.465 e. The van der Waals surface area contributed by atoms with Crippen LogP contribution in [0, 0.1) is 0 Å². The molecule has 2 aromatic carbocycles. The number of hydrogen-bond donors (Lipinski definition) is 1. The van der Waals surface area contributed by atoms with E-state index in [0.717, 1.165) is 15.6 Å². The van der Waals surface area contributed by atoms with Crippen molar-refractivity contribution < 1.29 is 23.9 Å². The van der Waals surface area contributed by atoms with Crippen molar-refractivity contribution in [2.75, 3.05) is 13.2 Å². The molecule has 0 aromatic heterocycles. The molecule has 2 rings (SSSR count). The van der Waals surface area contributed by atoms with E-state index in [-0.39, 0.29) is 26.1 Å². The summed E-state index contributed by atoms with van der Waals surface area (Å²) in [6, 6.07) is 15.9. The van der Waals surface area contributed by atoms with Crippen molar-refractivity contribution in [2.45, 2.75) is 52.3 Å². The lowest BCUT2D eigenvalue weighted by Gasteiger charge is -2.28. The van der Waals surface area contributed by atoms with Crippen molar-refractivity contribution in [2.24, 2.45) is 0 Å². The Morgan fingerprint density at radius 2 is 1.64 bits per heavy atom. The number of esters is 1. The SMILES string of the molecule is CCOC(=O)CN(Cc1ccccc1)C(=O)[C@@H](Cc1ccc(Br)cc1)NC(=O)OC(C)(C)C. The first-order valence-electron chi connectivity index (χ1n) is 10.8. The van der Waals surface area contributed by atoms with Gasteiger partial charge in [-0.2, -0.15) is 0 Å². The first-order chi connectivity index (χ1) is 15.6. The predicted molar refractivity (Wildman–Crippen MR) is 129 cm³/mol. The van der Waals surface area contributed by atoms with Crippen LogP contribution in [0.1, 0.15) is 38.8 Å². The second-order valence-electron chi connectivity index (χ2n) is 8.51. The Kier molecular flexibility index (Phi) is 9.91. The largest absolute Gasteiger partial charge is 0.465 e. The number of carbonyl (C=O) groups is 3. The Morgan fingerprint density at radius 1 is 1.00 bits per heavy atom. The summed E-state index contributed by atoms with van der Waals surface area (Å²) in [5, 5.41) is 2.69. The summed E-state index contributed by atoms with van der Waals surface area (Å²) >= 11 is 3.40. The number of hydrogen-bond acceptors (Lipinski definition) is 5. The summed E-state index contributed by atoms with van der Waals surface area (Å²) in [5.74, 6) is -0.915. The van der Waals surface area contributed by atoms with Gasteiger partial charge in [0.25, 0.3) is 0 Å². The van der Waals surface area contributed by atoms with Gasteiger partial charge in [-0.05, 0) is 51.0 Å². The molecule has 0 aliphatic rings. The number of nitrogens with zero attached hydrogens (tertiary/aromatic N) is 1. The predicted octanol–water partition coefficient (Wildman–Crippen LogP) is 4.48. The fourth-order valence-corrected chi connectivity index (χ4v) is 3.37. The standard InChI is InChI=1S/C25H31BrN2O5/c1-5-32-22(29)17-28(16-19-9-7-6-8-10-19)23(30)21(27-24(31)33-25(2,3)4)15-18-11-13-20(26)14-12-18/h6-14,21H,5,15-17H2,1-4H3,(H,27,31)/t21-/m1/s1. The minimum absolute atomic E-state index is 0.200. The summed E-state index contributed by atoms with van der Waals surface area (Å²) in [5.41, 5.74) is 0.988. The molecule has 1 atom stereocenters. The molecule has 0 fully saturated rings. The van der Waals surface area contributed by atoms with E-state index in [1.807, 2.05) is 54.6 Å². The molecule has 0 aliphatic carbocycles. The molecule has 1 N–H and O–H groups in total. The third-order valence-electron chi connectivity index (χ3n) is 4.50. The molecule has 0 bridgehead atoms. The van der Waals surface area contributed by atoms with E-state index in [1.54, 1.807) is 27.7 Å². The maximum atomic E-state index is 13.6. The van der Waals surface area contributed by atoms with Crippen molar-refractivity contribution in [1.29, 1.82) is 0 Å². The van der Waals surface area contributed by atoms with Crippen LogP contribution in [0.5, 0.6) is 0 Å². The number of alkyl carbamates (subject to hydrolysis) is 1. The molecule has 2 aromatic rings. The lowest BCUT2D eigenvalue weighted by Crippen LogP contribution is -2.51. The lowest BCUT2D eigenvalue weighted by molar-refractivity contribution is -0.150. The molecule has 178 valence electrons. The molecule has 0 aliphatic heterocycles. The van der Waals surface area contributed by atoms with Gasteiger partial charge in [0.2, 0.25) is 5.91 Å². The normalized spacial score (nSPS) is 11.9. The van der Waals surface area contributed by atoms with E-state index in [9.17, 15) is 14.4 Å². The summed E-state index contributed by atoms with van der Waals surface area (Å²) in [6.45, 7) is 7.15. The van der Waals surface area contributed by atoms with Crippen molar-refractivity contribution in [3.8, 4) is 0 Å². The Hall–Kier alpha value is -2.87. The van der Waals surface area contributed by atoms with Crippen LogP contribution in [-0.4, -0.2) is 47.7 Å². The van der Waals surface area contributed by atoms with Gasteiger partial charge in [0.05, 0.1) is 6.61 Å². The maximum Gasteiger partial charge on any atom is 0.408 e. The van der Waals surface area contributed by atoms with E-state index in [1.165, 1.54) is 4.90 Å². The van der Waals surface area contributed by atoms with Crippen molar-refractivity contribution in [1.82, 2.24) is 10.2 Å². The quantitative estimate of drug-likeness (QED) is 0.494. The molecular formula is C25H31BrN2O5. The van der Waals surface area contributed by atoms with Gasteiger partial charge in [0.1, 0.15) is 18.2 Å². The highest BCUT2D eigenvalue weighted by molar-refractivity contribution is 9.10. The van der Waals surface area contributed by atoms with Crippen molar-refractivity contribution in [3.63, 3.8) is 0 Å². The van der Waals surface area contributed by atoms with Crippen LogP contribution in [0.3, 0.4) is 0 Å². The van der Waals surface area contributed by atoms with Gasteiger partial charge in [-0.15, -0.1) is 0 Å². The lowest BCUT2D eigenvalue weighted by atomic mass is 10.0. The summed E-state index contributed by atoms with van der Waals surface area (Å²) in [4.78, 5) is 39.8. The molecule has 0 saturated heterocycles. The molecule has 0 radical (unpaired) electrons. The Labute approximate surface area is 203 Å². The number of halogens is 1. The van der Waals surface area contributed by atoms with Crippen LogP contribution in [0.15, 0.2) is 59.1 Å². The Balaban J connectivity index is 2.30. The number of benzene rings is 2. The van der Waals surface area contributed by atoms with Gasteiger partial charge >= 0.3 is 12.1 Å². The van der Waals surface area contributed by atoms with Crippen LogP contribution in [-0.2, 0) is 32.0 Å². The fraction of sp³-hybridized carbons (Fsp3) is 0.400. The molecular weight excluding hydrogens is 488 g/mol. The summed E-state index contributed by atoms with van der Waals surface area (Å²) in [6.07, 6.45) is -0.465. The zero-order valence-corrected chi connectivity index (χ0v) is 21.1. The number of rotatable bonds is 9. The molecule has 33 heavy (non-hydrogen) atoms. The third kappa shape index (κ3) is 9.65. The number of nitrogens with one attached hydrogen (secondary N) is 1. The maximum absolute atomic E-state index is 13.6. The van der Waals surface area contributed by atoms with Gasteiger partial charge in [0, 0.05) is 17.4 Å². The van der Waals surface area contributed by atoms with Gasteiger partial charge in [0.15, 0.2) is 0 Å². The summed E-state index contributed by atoms with van der Waals surface area (Å²) in [7, 11) is 0. The molecule has 0 spiro atoms. The molecule has 0 saturated carbocycles. The van der Waals surface area contributed by atoms with E-state index in [2.05, 4.69) is 21.2 Å². The monoisotopic (exact) mass is 518 g/mol. The number of ether oxygens (including phenoxy) is 2. The van der Waals surface area contributed by atoms with Gasteiger partial charge in [-0.25, -0.2) is 4.79 Å². The zero-order valence-electron chi connectivity index (χ0n) is 19.5. The number of amides is 2. The second-order valence-corrected chi connectivity index (χ2v) is 9.43. The van der Waals surface area contributed by atoms with Gasteiger partial charge in [-0.1, -0.05) is 58.4 Å². The molecule has 2 amide bonds. The van der Waals surface area contributed by atoms with E-state index < -0.39 is 29.6 Å². The van der Waals surface area contributed by atoms with Gasteiger partial charge < -0.3 is 19.7 Å². The molecule has 0 unspecified atom stereocenters. The molecule has 7 nitrogen and oxygen atoms in total. The van der Waals surface area contributed by atoms with Crippen LogP contribution in [0.25, 0.3) is 0 Å². The fourth-order valence-electron chi connectivity index (χ4n) is 3.10. The minimum atomic E-state index is -0.931. The topological polar surface area (TPSA) is 84.9 Å². The van der Waals surface area contributed by atoms with E-state index >= 15 is 0 Å². The van der Waals surface area contributed by atoms with Gasteiger partial charge in [-0.3, -0.25) is 9.59 Å². The highest BCUT2D eigenvalue weighted by Gasteiger charge is 2.30. The van der Waals surface area contributed by atoms with Crippen molar-refractivity contribution in [3.05, 3.63) is 70.2 Å². The van der Waals surface area contributed by atoms with Crippen LogP contribution < -0.4 is 5.32 Å². The third-order valence-corrected chi connectivity index (χ3v) is 5.02. The Bertz CT molecular complexity index is 926. The van der Waals surface area contributed by atoms with Crippen LogP contribution in [0.4, 0.5) is 4.79 Å². The molecule has 8 heteroatoms. The smallest absolute Gasteiger partial charge is 0.408 e. The highest BCUT2D eigenvalue weighted by Crippen LogP contribution is 2.15. The highest BCUT2D eigenvalue weighted by atomic mass is 79.9. The number of carbonyl (C=O) groups excluding carboxylic acids is 3. The van der Waals surface area contributed by atoms with E-state index in [4.69, 9.17) is 9.47 Å². The average Bonchev–Trinajstić information content (AvgIpc) is 2.73. The average molecular weight is 519 g/mol. The van der Waals surface area contributed by atoms with Crippen molar-refractivity contribution >= 4 is 33.9 Å².